The third-order valence-electron chi connectivity index (χ3n) is 9.26. The minimum atomic E-state index is -1.67. The van der Waals surface area contributed by atoms with E-state index in [9.17, 15) is 39.6 Å². The average Bonchev–Trinajstić information content (AvgIpc) is 3.01. The van der Waals surface area contributed by atoms with Crippen molar-refractivity contribution >= 4 is 110 Å². The molecule has 8 heteroatoms. The van der Waals surface area contributed by atoms with E-state index >= 15 is 0 Å². The molecule has 0 radical (unpaired) electrons. The number of carboxylic acid groups (broad SMARTS) is 4. The second-order valence-corrected chi connectivity index (χ2v) is 11.1. The fourth-order valence-electron chi connectivity index (χ4n) is 7.91. The molecule has 9 aromatic rings. The van der Waals surface area contributed by atoms with Gasteiger partial charge in [-0.1, -0.05) is 72.8 Å². The first-order valence-electron chi connectivity index (χ1n) is 13.7. The Kier molecular flexibility index (Phi) is 4.29. The van der Waals surface area contributed by atoms with E-state index in [0.29, 0.717) is 26.9 Å². The molecule has 0 atom stereocenters. The second-order valence-electron chi connectivity index (χ2n) is 11.1. The fourth-order valence-corrected chi connectivity index (χ4v) is 7.91. The van der Waals surface area contributed by atoms with Crippen LogP contribution in [0.3, 0.4) is 0 Å². The van der Waals surface area contributed by atoms with Crippen molar-refractivity contribution < 1.29 is 39.6 Å². The first kappa shape index (κ1) is 24.3. The molecule has 0 saturated carbocycles. The Labute approximate surface area is 244 Å². The van der Waals surface area contributed by atoms with Crippen LogP contribution in [0.25, 0.3) is 86.2 Å². The SMILES string of the molecule is O=C(O)c1c(C(=O)O)c2c(C(=O)O)c(C(=O)O)c3c4ccccc4c4c5ccccc5c5ccc6ccc1c1c6c5c4c3c21. The van der Waals surface area contributed by atoms with Gasteiger partial charge in [-0.25, -0.2) is 19.2 Å². The van der Waals surface area contributed by atoms with Crippen molar-refractivity contribution in [2.75, 3.05) is 0 Å². The van der Waals surface area contributed by atoms with Crippen LogP contribution in [-0.2, 0) is 0 Å². The van der Waals surface area contributed by atoms with Gasteiger partial charge in [-0.3, -0.25) is 0 Å². The second kappa shape index (κ2) is 7.76. The van der Waals surface area contributed by atoms with Crippen molar-refractivity contribution in [3.05, 3.63) is 95.1 Å². The number of hydrogen-bond donors (Lipinski definition) is 4. The Morgan fingerprint density at radius 3 is 1.30 bits per heavy atom. The minimum Gasteiger partial charge on any atom is -0.478 e. The monoisotopic (exact) mass is 576 g/mol. The van der Waals surface area contributed by atoms with E-state index in [2.05, 4.69) is 0 Å². The molecule has 0 aliphatic rings. The van der Waals surface area contributed by atoms with E-state index in [1.165, 1.54) is 0 Å². The smallest absolute Gasteiger partial charge is 0.337 e. The summed E-state index contributed by atoms with van der Waals surface area (Å²) in [5, 5.41) is 50.8. The van der Waals surface area contributed by atoms with Crippen LogP contribution < -0.4 is 0 Å². The van der Waals surface area contributed by atoms with Gasteiger partial charge in [0.15, 0.2) is 0 Å². The molecule has 0 fully saturated rings. The number of aromatic carboxylic acids is 4. The number of benzene rings is 9. The first-order valence-corrected chi connectivity index (χ1v) is 13.7. The molecule has 0 bridgehead atoms. The van der Waals surface area contributed by atoms with E-state index in [4.69, 9.17) is 0 Å². The standard InChI is InChI=1S/C36H16O8/c37-33(38)25-19-12-10-13-9-11-18-14-5-1-2-6-15(14)21-16-7-3-4-8-17(16)23-27-26(21)22(18)20(13)24(19)28(27)29(31(25)35(41)42)32(36(43)44)30(23)34(39)40/h1-12H,(H,37,38)(H,39,40)(H,41,42)(H,43,44). The van der Waals surface area contributed by atoms with Gasteiger partial charge in [0.05, 0.1) is 22.3 Å². The molecule has 0 heterocycles. The maximum atomic E-state index is 13.1. The van der Waals surface area contributed by atoms with Gasteiger partial charge < -0.3 is 20.4 Å². The molecule has 9 rings (SSSR count). The van der Waals surface area contributed by atoms with E-state index < -0.39 is 51.5 Å². The molecule has 0 aliphatic heterocycles. The number of carbonyl (C=O) groups is 4. The third-order valence-corrected chi connectivity index (χ3v) is 9.26. The average molecular weight is 577 g/mol. The number of rotatable bonds is 4. The van der Waals surface area contributed by atoms with Gasteiger partial charge in [-0.2, -0.15) is 0 Å². The zero-order valence-electron chi connectivity index (χ0n) is 22.4. The lowest BCUT2D eigenvalue weighted by atomic mass is 9.75. The highest BCUT2D eigenvalue weighted by molar-refractivity contribution is 6.54. The Balaban J connectivity index is 1.87. The topological polar surface area (TPSA) is 149 Å². The summed E-state index contributed by atoms with van der Waals surface area (Å²) < 4.78 is 0. The molecular formula is C36H16O8. The van der Waals surface area contributed by atoms with E-state index in [-0.39, 0.29) is 16.2 Å². The van der Waals surface area contributed by atoms with Gasteiger partial charge in [-0.15, -0.1) is 0 Å². The molecule has 0 spiro atoms. The summed E-state index contributed by atoms with van der Waals surface area (Å²) in [6, 6.07) is 22.3. The zero-order valence-corrected chi connectivity index (χ0v) is 22.4. The van der Waals surface area contributed by atoms with Gasteiger partial charge >= 0.3 is 23.9 Å². The first-order chi connectivity index (χ1) is 21.2. The summed E-state index contributed by atoms with van der Waals surface area (Å²) in [4.78, 5) is 52.0. The summed E-state index contributed by atoms with van der Waals surface area (Å²) in [5.41, 5.74) is -2.67. The Morgan fingerprint density at radius 2 is 0.705 bits per heavy atom. The normalized spacial score (nSPS) is 12.4. The van der Waals surface area contributed by atoms with Crippen LogP contribution in [0.15, 0.2) is 72.8 Å². The van der Waals surface area contributed by atoms with Crippen LogP contribution in [0.2, 0.25) is 0 Å². The number of fused-ring (bicyclic) bond motifs is 6. The fraction of sp³-hybridized carbons (Fsp3) is 0. The highest BCUT2D eigenvalue weighted by Gasteiger charge is 2.36. The summed E-state index contributed by atoms with van der Waals surface area (Å²) in [7, 11) is 0. The Bertz CT molecular complexity index is 2830. The summed E-state index contributed by atoms with van der Waals surface area (Å²) in [6.45, 7) is 0. The zero-order chi connectivity index (χ0) is 30.3. The number of hydrogen-bond acceptors (Lipinski definition) is 4. The third kappa shape index (κ3) is 2.56. The van der Waals surface area contributed by atoms with Crippen LogP contribution >= 0.6 is 0 Å². The summed E-state index contributed by atoms with van der Waals surface area (Å²) in [5.74, 6) is -6.45. The Hall–Kier alpha value is -6.28. The van der Waals surface area contributed by atoms with Crippen molar-refractivity contribution in [3.8, 4) is 0 Å². The lowest BCUT2D eigenvalue weighted by Gasteiger charge is -2.26. The van der Waals surface area contributed by atoms with Crippen LogP contribution in [0.5, 0.6) is 0 Å². The van der Waals surface area contributed by atoms with E-state index in [1.54, 1.807) is 24.3 Å². The van der Waals surface area contributed by atoms with E-state index in [0.717, 1.165) is 37.7 Å². The van der Waals surface area contributed by atoms with Crippen molar-refractivity contribution in [1.29, 1.82) is 0 Å². The van der Waals surface area contributed by atoms with Crippen molar-refractivity contribution in [1.82, 2.24) is 0 Å². The molecule has 4 N–H and O–H groups in total. The van der Waals surface area contributed by atoms with E-state index in [1.807, 2.05) is 48.5 Å². The van der Waals surface area contributed by atoms with Crippen LogP contribution in [0, 0.1) is 0 Å². The molecule has 0 unspecified atom stereocenters. The van der Waals surface area contributed by atoms with Crippen molar-refractivity contribution in [2.24, 2.45) is 0 Å². The quantitative estimate of drug-likeness (QED) is 0.122. The van der Waals surface area contributed by atoms with Crippen LogP contribution in [0.4, 0.5) is 0 Å². The lowest BCUT2D eigenvalue weighted by molar-refractivity contribution is 0.0649. The van der Waals surface area contributed by atoms with Crippen molar-refractivity contribution in [3.63, 3.8) is 0 Å². The molecule has 8 nitrogen and oxygen atoms in total. The molecule has 44 heavy (non-hydrogen) atoms. The molecule has 0 saturated heterocycles. The molecule has 208 valence electrons. The largest absolute Gasteiger partial charge is 0.478 e. The van der Waals surface area contributed by atoms with Gasteiger partial charge in [0.2, 0.25) is 0 Å². The summed E-state index contributed by atoms with van der Waals surface area (Å²) in [6.07, 6.45) is 0. The predicted molar refractivity (Wildman–Crippen MR) is 168 cm³/mol. The Morgan fingerprint density at radius 1 is 0.318 bits per heavy atom. The van der Waals surface area contributed by atoms with Gasteiger partial charge in [-0.05, 0) is 64.6 Å². The maximum absolute atomic E-state index is 13.1. The minimum absolute atomic E-state index is 0.142. The van der Waals surface area contributed by atoms with Crippen molar-refractivity contribution in [2.45, 2.75) is 0 Å². The summed E-state index contributed by atoms with van der Waals surface area (Å²) >= 11 is 0. The van der Waals surface area contributed by atoms with Gasteiger partial charge in [0, 0.05) is 21.5 Å². The lowest BCUT2D eigenvalue weighted by Crippen LogP contribution is -2.17. The molecule has 0 aliphatic carbocycles. The van der Waals surface area contributed by atoms with Crippen LogP contribution in [-0.4, -0.2) is 44.3 Å². The highest BCUT2D eigenvalue weighted by atomic mass is 16.4. The van der Waals surface area contributed by atoms with Gasteiger partial charge in [0.25, 0.3) is 0 Å². The highest BCUT2D eigenvalue weighted by Crippen LogP contribution is 2.55. The molecule has 0 amide bonds. The molecule has 0 aromatic heterocycles. The molecular weight excluding hydrogens is 560 g/mol. The van der Waals surface area contributed by atoms with Gasteiger partial charge in [0.1, 0.15) is 0 Å². The molecule has 9 aromatic carbocycles. The number of carboxylic acids is 4. The van der Waals surface area contributed by atoms with Crippen LogP contribution in [0.1, 0.15) is 41.4 Å². The maximum Gasteiger partial charge on any atom is 0.337 e. The predicted octanol–water partition coefficient (Wildman–Crippen LogP) is 8.02.